The minimum absolute atomic E-state index is 0.0153. The Kier molecular flexibility index (Phi) is 3.69. The third-order valence-corrected chi connectivity index (χ3v) is 3.72. The zero-order valence-corrected chi connectivity index (χ0v) is 11.5. The van der Waals surface area contributed by atoms with Crippen molar-refractivity contribution >= 4 is 11.8 Å². The Bertz CT molecular complexity index is 568. The molecule has 21 heavy (non-hydrogen) atoms. The average Bonchev–Trinajstić information content (AvgIpc) is 2.75. The smallest absolute Gasteiger partial charge is 0.411 e. The van der Waals surface area contributed by atoms with Crippen LogP contribution in [0.2, 0.25) is 0 Å². The van der Waals surface area contributed by atoms with Crippen LogP contribution >= 0.6 is 0 Å². The van der Waals surface area contributed by atoms with Gasteiger partial charge in [-0.05, 0) is 37.6 Å². The Morgan fingerprint density at radius 2 is 1.86 bits per heavy atom. The molecular formula is C14H14F3NO3. The molecule has 114 valence electrons. The van der Waals surface area contributed by atoms with E-state index in [-0.39, 0.29) is 12.0 Å². The SMILES string of the molecule is COc1ccc(C(=O)N2C(=O)CCC2(C)C(F)(F)F)cc1. The molecule has 7 heteroatoms. The van der Waals surface area contributed by atoms with Crippen LogP contribution in [-0.2, 0) is 4.79 Å². The lowest BCUT2D eigenvalue weighted by atomic mass is 9.97. The van der Waals surface area contributed by atoms with Crippen molar-refractivity contribution in [1.29, 1.82) is 0 Å². The highest BCUT2D eigenvalue weighted by Gasteiger charge is 2.61. The Balaban J connectivity index is 2.37. The number of amides is 2. The second-order valence-electron chi connectivity index (χ2n) is 5.03. The first-order valence-electron chi connectivity index (χ1n) is 6.29. The summed E-state index contributed by atoms with van der Waals surface area (Å²) in [6.45, 7) is 0.874. The molecule has 2 amide bonds. The van der Waals surface area contributed by atoms with Crippen LogP contribution in [0.25, 0.3) is 0 Å². The van der Waals surface area contributed by atoms with Gasteiger partial charge in [-0.3, -0.25) is 14.5 Å². The van der Waals surface area contributed by atoms with Gasteiger partial charge < -0.3 is 4.74 Å². The van der Waals surface area contributed by atoms with Crippen molar-refractivity contribution in [2.45, 2.75) is 31.5 Å². The largest absolute Gasteiger partial charge is 0.497 e. The second-order valence-corrected chi connectivity index (χ2v) is 5.03. The molecule has 1 heterocycles. The average molecular weight is 301 g/mol. The van der Waals surface area contributed by atoms with Gasteiger partial charge in [0.05, 0.1) is 7.11 Å². The van der Waals surface area contributed by atoms with E-state index >= 15 is 0 Å². The zero-order chi connectivity index (χ0) is 15.8. The van der Waals surface area contributed by atoms with Gasteiger partial charge in [-0.1, -0.05) is 0 Å². The summed E-state index contributed by atoms with van der Waals surface area (Å²) in [5.74, 6) is -1.28. The maximum Gasteiger partial charge on any atom is 0.411 e. The number of carbonyl (C=O) groups excluding carboxylic acids is 2. The van der Waals surface area contributed by atoms with E-state index in [1.54, 1.807) is 0 Å². The molecule has 0 aliphatic carbocycles. The van der Waals surface area contributed by atoms with Crippen molar-refractivity contribution in [3.05, 3.63) is 29.8 Å². The molecule has 1 atom stereocenters. The van der Waals surface area contributed by atoms with Gasteiger partial charge in [-0.2, -0.15) is 13.2 Å². The summed E-state index contributed by atoms with van der Waals surface area (Å²) in [5.41, 5.74) is -2.44. The van der Waals surface area contributed by atoms with Gasteiger partial charge in [-0.15, -0.1) is 0 Å². The zero-order valence-electron chi connectivity index (χ0n) is 11.5. The van der Waals surface area contributed by atoms with Gasteiger partial charge in [0, 0.05) is 12.0 Å². The van der Waals surface area contributed by atoms with E-state index in [9.17, 15) is 22.8 Å². The number of benzene rings is 1. The van der Waals surface area contributed by atoms with E-state index in [0.29, 0.717) is 10.6 Å². The summed E-state index contributed by atoms with van der Waals surface area (Å²) < 4.78 is 44.5. The van der Waals surface area contributed by atoms with E-state index in [0.717, 1.165) is 6.92 Å². The molecule has 0 bridgehead atoms. The number of likely N-dealkylation sites (tertiary alicyclic amines) is 1. The van der Waals surface area contributed by atoms with Gasteiger partial charge in [0.25, 0.3) is 5.91 Å². The van der Waals surface area contributed by atoms with Crippen molar-refractivity contribution < 1.29 is 27.5 Å². The van der Waals surface area contributed by atoms with Gasteiger partial charge in [0.1, 0.15) is 11.3 Å². The van der Waals surface area contributed by atoms with Crippen molar-refractivity contribution in [3.8, 4) is 5.75 Å². The molecule has 1 saturated heterocycles. The van der Waals surface area contributed by atoms with Crippen LogP contribution in [0, 0.1) is 0 Å². The molecule has 1 aliphatic heterocycles. The lowest BCUT2D eigenvalue weighted by molar-refractivity contribution is -0.210. The van der Waals surface area contributed by atoms with Crippen molar-refractivity contribution in [3.63, 3.8) is 0 Å². The number of rotatable bonds is 2. The fraction of sp³-hybridized carbons (Fsp3) is 0.429. The minimum Gasteiger partial charge on any atom is -0.497 e. The fourth-order valence-corrected chi connectivity index (χ4v) is 2.32. The molecule has 0 N–H and O–H groups in total. The number of carbonyl (C=O) groups is 2. The highest BCUT2D eigenvalue weighted by molar-refractivity contribution is 6.06. The van der Waals surface area contributed by atoms with Crippen LogP contribution in [0.15, 0.2) is 24.3 Å². The van der Waals surface area contributed by atoms with Crippen LogP contribution in [0.3, 0.4) is 0 Å². The minimum atomic E-state index is -4.67. The topological polar surface area (TPSA) is 46.6 Å². The lowest BCUT2D eigenvalue weighted by Gasteiger charge is -2.35. The van der Waals surface area contributed by atoms with E-state index in [4.69, 9.17) is 4.74 Å². The standard InChI is InChI=1S/C14H14F3NO3/c1-13(14(15,16)17)8-7-11(19)18(13)12(20)9-3-5-10(21-2)6-4-9/h3-6H,7-8H2,1-2H3. The molecule has 4 nitrogen and oxygen atoms in total. The molecule has 1 unspecified atom stereocenters. The van der Waals surface area contributed by atoms with E-state index in [1.807, 2.05) is 0 Å². The van der Waals surface area contributed by atoms with Crippen LogP contribution < -0.4 is 4.74 Å². The van der Waals surface area contributed by atoms with E-state index < -0.39 is 30.0 Å². The third-order valence-electron chi connectivity index (χ3n) is 3.72. The summed E-state index contributed by atoms with van der Waals surface area (Å²) in [6.07, 6.45) is -5.38. The quantitative estimate of drug-likeness (QED) is 0.789. The first kappa shape index (κ1) is 15.3. The van der Waals surface area contributed by atoms with Crippen LogP contribution in [0.4, 0.5) is 13.2 Å². The molecule has 0 saturated carbocycles. The van der Waals surface area contributed by atoms with Gasteiger partial charge in [0.15, 0.2) is 0 Å². The number of imide groups is 1. The Morgan fingerprint density at radius 1 is 1.29 bits per heavy atom. The number of nitrogens with zero attached hydrogens (tertiary/aromatic N) is 1. The number of ether oxygens (including phenoxy) is 1. The third kappa shape index (κ3) is 2.48. The molecule has 0 spiro atoms. The Hall–Kier alpha value is -2.05. The molecule has 1 aromatic carbocycles. The molecule has 0 aromatic heterocycles. The van der Waals surface area contributed by atoms with E-state index in [2.05, 4.69) is 0 Å². The van der Waals surface area contributed by atoms with Gasteiger partial charge in [0.2, 0.25) is 5.91 Å². The number of alkyl halides is 3. The number of hydrogen-bond acceptors (Lipinski definition) is 3. The Morgan fingerprint density at radius 3 is 2.33 bits per heavy atom. The summed E-state index contributed by atoms with van der Waals surface area (Å²) in [4.78, 5) is 24.4. The van der Waals surface area contributed by atoms with Crippen LogP contribution in [-0.4, -0.2) is 35.5 Å². The Labute approximate surface area is 119 Å². The highest BCUT2D eigenvalue weighted by atomic mass is 19.4. The van der Waals surface area contributed by atoms with Crippen LogP contribution in [0.1, 0.15) is 30.1 Å². The predicted octanol–water partition coefficient (Wildman–Crippen LogP) is 2.78. The molecule has 2 rings (SSSR count). The van der Waals surface area contributed by atoms with Gasteiger partial charge >= 0.3 is 6.18 Å². The maximum atomic E-state index is 13.2. The molecule has 1 fully saturated rings. The number of hydrogen-bond donors (Lipinski definition) is 0. The van der Waals surface area contributed by atoms with Crippen LogP contribution in [0.5, 0.6) is 5.75 Å². The predicted molar refractivity (Wildman–Crippen MR) is 67.9 cm³/mol. The molecule has 0 radical (unpaired) electrons. The monoisotopic (exact) mass is 301 g/mol. The number of halogens is 3. The molecule has 1 aromatic rings. The molecule has 1 aliphatic rings. The fourth-order valence-electron chi connectivity index (χ4n) is 2.32. The number of methoxy groups -OCH3 is 1. The van der Waals surface area contributed by atoms with Crippen molar-refractivity contribution in [1.82, 2.24) is 4.90 Å². The van der Waals surface area contributed by atoms with E-state index in [1.165, 1.54) is 31.4 Å². The first-order chi connectivity index (χ1) is 9.70. The van der Waals surface area contributed by atoms with Crippen molar-refractivity contribution in [2.75, 3.05) is 7.11 Å². The second kappa shape index (κ2) is 5.05. The summed E-state index contributed by atoms with van der Waals surface area (Å²) in [6, 6.07) is 5.59. The lowest BCUT2D eigenvalue weighted by Crippen LogP contribution is -2.56. The summed E-state index contributed by atoms with van der Waals surface area (Å²) in [7, 11) is 1.43. The van der Waals surface area contributed by atoms with Crippen molar-refractivity contribution in [2.24, 2.45) is 0 Å². The summed E-state index contributed by atoms with van der Waals surface area (Å²) >= 11 is 0. The summed E-state index contributed by atoms with van der Waals surface area (Å²) in [5, 5.41) is 0. The highest BCUT2D eigenvalue weighted by Crippen LogP contribution is 2.44. The van der Waals surface area contributed by atoms with Gasteiger partial charge in [-0.25, -0.2) is 0 Å². The normalized spacial score (nSPS) is 22.5. The first-order valence-corrected chi connectivity index (χ1v) is 6.29. The molecular weight excluding hydrogens is 287 g/mol. The maximum absolute atomic E-state index is 13.2.